The fourth-order valence-corrected chi connectivity index (χ4v) is 2.58. The lowest BCUT2D eigenvalue weighted by Crippen LogP contribution is -2.23. The number of ether oxygens (including phenoxy) is 1. The van der Waals surface area contributed by atoms with Crippen molar-refractivity contribution in [3.63, 3.8) is 0 Å². The third kappa shape index (κ3) is 3.11. The lowest BCUT2D eigenvalue weighted by Gasteiger charge is -2.17. The third-order valence-electron chi connectivity index (χ3n) is 3.81. The summed E-state index contributed by atoms with van der Waals surface area (Å²) in [7, 11) is 0. The van der Waals surface area contributed by atoms with Crippen LogP contribution >= 0.6 is 0 Å². The van der Waals surface area contributed by atoms with Gasteiger partial charge in [0.25, 0.3) is 0 Å². The van der Waals surface area contributed by atoms with Crippen LogP contribution in [0.2, 0.25) is 0 Å². The average molecular weight is 318 g/mol. The highest BCUT2D eigenvalue weighted by Crippen LogP contribution is 2.30. The molecule has 0 radical (unpaired) electrons. The first-order valence-electron chi connectivity index (χ1n) is 7.32. The van der Waals surface area contributed by atoms with Crippen LogP contribution in [0.25, 0.3) is 0 Å². The molecule has 6 heteroatoms. The molecule has 120 valence electrons. The summed E-state index contributed by atoms with van der Waals surface area (Å²) in [4.78, 5) is 13.4. The van der Waals surface area contributed by atoms with E-state index in [2.05, 4.69) is 0 Å². The van der Waals surface area contributed by atoms with Crippen LogP contribution in [0.1, 0.15) is 18.4 Å². The van der Waals surface area contributed by atoms with Gasteiger partial charge < -0.3 is 15.4 Å². The van der Waals surface area contributed by atoms with Crippen LogP contribution in [-0.4, -0.2) is 12.5 Å². The van der Waals surface area contributed by atoms with Crippen LogP contribution in [0, 0.1) is 11.6 Å². The Hall–Kier alpha value is -2.63. The summed E-state index contributed by atoms with van der Waals surface area (Å²) in [6.07, 6.45) is 1.36. The molecule has 1 aliphatic rings. The molecule has 1 amide bonds. The van der Waals surface area contributed by atoms with Crippen LogP contribution in [0.4, 0.5) is 20.2 Å². The van der Waals surface area contributed by atoms with Crippen molar-refractivity contribution in [3.05, 3.63) is 53.6 Å². The Labute approximate surface area is 132 Å². The number of nitrogens with zero attached hydrogens (tertiary/aromatic N) is 1. The second-order valence-corrected chi connectivity index (χ2v) is 5.36. The summed E-state index contributed by atoms with van der Waals surface area (Å²) in [6.45, 7) is 0.406. The smallest absolute Gasteiger partial charge is 0.227 e. The number of nitrogens with two attached hydrogens (primary N) is 1. The predicted octanol–water partition coefficient (Wildman–Crippen LogP) is 3.25. The summed E-state index contributed by atoms with van der Waals surface area (Å²) in [5.74, 6) is -0.944. The van der Waals surface area contributed by atoms with E-state index in [4.69, 9.17) is 10.5 Å². The zero-order valence-corrected chi connectivity index (χ0v) is 12.4. The Morgan fingerprint density at radius 1 is 1.17 bits per heavy atom. The number of carbonyl (C=O) groups is 1. The number of benzene rings is 2. The topological polar surface area (TPSA) is 55.6 Å². The standard InChI is InChI=1S/C17H16F2N2O2/c18-13-3-1-4-14(19)12(13)10-23-16-7-6-11(9-15(16)20)21-8-2-5-17(21)22/h1,3-4,6-7,9H,2,5,8,10,20H2. The predicted molar refractivity (Wildman–Crippen MR) is 83.1 cm³/mol. The van der Waals surface area contributed by atoms with Crippen molar-refractivity contribution < 1.29 is 18.3 Å². The first kappa shape index (κ1) is 15.3. The minimum atomic E-state index is -0.664. The number of hydrogen-bond donors (Lipinski definition) is 1. The van der Waals surface area contributed by atoms with Crippen molar-refractivity contribution in [1.82, 2.24) is 0 Å². The zero-order chi connectivity index (χ0) is 16.4. The number of carbonyl (C=O) groups excluding carboxylic acids is 1. The highest BCUT2D eigenvalue weighted by molar-refractivity contribution is 5.95. The van der Waals surface area contributed by atoms with Gasteiger partial charge in [0, 0.05) is 18.7 Å². The lowest BCUT2D eigenvalue weighted by atomic mass is 10.2. The van der Waals surface area contributed by atoms with Crippen molar-refractivity contribution in [2.45, 2.75) is 19.4 Å². The summed E-state index contributed by atoms with van der Waals surface area (Å²) < 4.78 is 32.6. The zero-order valence-electron chi connectivity index (χ0n) is 12.4. The number of halogens is 2. The van der Waals surface area contributed by atoms with E-state index < -0.39 is 11.6 Å². The van der Waals surface area contributed by atoms with Gasteiger partial charge in [-0.3, -0.25) is 4.79 Å². The van der Waals surface area contributed by atoms with Crippen LogP contribution < -0.4 is 15.4 Å². The number of amides is 1. The minimum absolute atomic E-state index is 0.0616. The monoisotopic (exact) mass is 318 g/mol. The Bertz CT molecular complexity index is 729. The van der Waals surface area contributed by atoms with E-state index in [1.165, 1.54) is 18.2 Å². The van der Waals surface area contributed by atoms with Crippen LogP contribution in [-0.2, 0) is 11.4 Å². The molecule has 2 aromatic rings. The molecule has 0 atom stereocenters. The summed E-state index contributed by atoms with van der Waals surface area (Å²) >= 11 is 0. The van der Waals surface area contributed by atoms with Gasteiger partial charge in [-0.05, 0) is 36.8 Å². The second-order valence-electron chi connectivity index (χ2n) is 5.36. The van der Waals surface area contributed by atoms with Crippen molar-refractivity contribution in [2.75, 3.05) is 17.2 Å². The van der Waals surface area contributed by atoms with E-state index in [1.54, 1.807) is 23.1 Å². The van der Waals surface area contributed by atoms with Gasteiger partial charge in [-0.1, -0.05) is 6.07 Å². The number of hydrogen-bond acceptors (Lipinski definition) is 3. The molecule has 1 heterocycles. The Balaban J connectivity index is 1.75. The number of rotatable bonds is 4. The van der Waals surface area contributed by atoms with Gasteiger partial charge in [-0.2, -0.15) is 0 Å². The van der Waals surface area contributed by atoms with E-state index >= 15 is 0 Å². The molecule has 0 saturated carbocycles. The van der Waals surface area contributed by atoms with Crippen molar-refractivity contribution in [2.24, 2.45) is 0 Å². The Kier molecular flexibility index (Phi) is 4.14. The van der Waals surface area contributed by atoms with E-state index in [0.717, 1.165) is 6.42 Å². The van der Waals surface area contributed by atoms with Gasteiger partial charge >= 0.3 is 0 Å². The highest BCUT2D eigenvalue weighted by atomic mass is 19.1. The molecule has 23 heavy (non-hydrogen) atoms. The van der Waals surface area contributed by atoms with E-state index in [9.17, 15) is 13.6 Å². The highest BCUT2D eigenvalue weighted by Gasteiger charge is 2.22. The Morgan fingerprint density at radius 3 is 2.52 bits per heavy atom. The quantitative estimate of drug-likeness (QED) is 0.880. The summed E-state index contributed by atoms with van der Waals surface area (Å²) in [5.41, 5.74) is 6.80. The lowest BCUT2D eigenvalue weighted by molar-refractivity contribution is -0.117. The van der Waals surface area contributed by atoms with Crippen molar-refractivity contribution in [3.8, 4) is 5.75 Å². The largest absolute Gasteiger partial charge is 0.487 e. The first-order chi connectivity index (χ1) is 11.1. The van der Waals surface area contributed by atoms with Gasteiger partial charge in [0.05, 0.1) is 11.3 Å². The molecule has 4 nitrogen and oxygen atoms in total. The fourth-order valence-electron chi connectivity index (χ4n) is 2.58. The molecular weight excluding hydrogens is 302 g/mol. The maximum Gasteiger partial charge on any atom is 0.227 e. The maximum atomic E-state index is 13.6. The Morgan fingerprint density at radius 2 is 1.91 bits per heavy atom. The van der Waals surface area contributed by atoms with Crippen LogP contribution in [0.5, 0.6) is 5.75 Å². The first-order valence-corrected chi connectivity index (χ1v) is 7.32. The van der Waals surface area contributed by atoms with Crippen molar-refractivity contribution >= 4 is 17.3 Å². The van der Waals surface area contributed by atoms with Gasteiger partial charge in [-0.25, -0.2) is 8.78 Å². The molecule has 1 saturated heterocycles. The van der Waals surface area contributed by atoms with Gasteiger partial charge in [0.1, 0.15) is 24.0 Å². The molecule has 1 fully saturated rings. The van der Waals surface area contributed by atoms with Gasteiger partial charge in [-0.15, -0.1) is 0 Å². The molecule has 0 unspecified atom stereocenters. The average Bonchev–Trinajstić information content (AvgIpc) is 2.94. The van der Waals surface area contributed by atoms with Gasteiger partial charge in [0.2, 0.25) is 5.91 Å². The van der Waals surface area contributed by atoms with E-state index in [0.29, 0.717) is 30.1 Å². The molecule has 0 aromatic heterocycles. The SMILES string of the molecule is Nc1cc(N2CCCC2=O)ccc1OCc1c(F)cccc1F. The van der Waals surface area contributed by atoms with Crippen LogP contribution in [0.3, 0.4) is 0 Å². The molecule has 0 aliphatic carbocycles. The molecule has 0 spiro atoms. The molecule has 2 aromatic carbocycles. The minimum Gasteiger partial charge on any atom is -0.487 e. The summed E-state index contributed by atoms with van der Waals surface area (Å²) in [5, 5.41) is 0. The molecule has 1 aliphatic heterocycles. The third-order valence-corrected chi connectivity index (χ3v) is 3.81. The molecule has 2 N–H and O–H groups in total. The maximum absolute atomic E-state index is 13.6. The van der Waals surface area contributed by atoms with Gasteiger partial charge in [0.15, 0.2) is 0 Å². The number of anilines is 2. The van der Waals surface area contributed by atoms with E-state index in [-0.39, 0.29) is 18.1 Å². The molecule has 3 rings (SSSR count). The van der Waals surface area contributed by atoms with Crippen LogP contribution in [0.15, 0.2) is 36.4 Å². The fraction of sp³-hybridized carbons (Fsp3) is 0.235. The van der Waals surface area contributed by atoms with E-state index in [1.807, 2.05) is 0 Å². The molecule has 0 bridgehead atoms. The molecular formula is C17H16F2N2O2. The van der Waals surface area contributed by atoms with Crippen molar-refractivity contribution in [1.29, 1.82) is 0 Å². The normalized spacial score (nSPS) is 14.3. The second kappa shape index (κ2) is 6.24. The number of nitrogen functional groups attached to an aromatic ring is 1. The summed E-state index contributed by atoms with van der Waals surface area (Å²) in [6, 6.07) is 8.60.